The predicted octanol–water partition coefficient (Wildman–Crippen LogP) is 3.11. The van der Waals surface area contributed by atoms with Crippen LogP contribution in [-0.2, 0) is 19.1 Å². The number of carboxylic acids is 1. The van der Waals surface area contributed by atoms with Crippen LogP contribution in [0.2, 0.25) is 0 Å². The number of hydrogen-bond acceptors (Lipinski definition) is 5. The summed E-state index contributed by atoms with van der Waals surface area (Å²) in [5, 5.41) is 12.0. The van der Waals surface area contributed by atoms with Gasteiger partial charge in [0.05, 0.1) is 5.92 Å². The first-order valence-electron chi connectivity index (χ1n) is 12.1. The third-order valence-corrected chi connectivity index (χ3v) is 7.67. The van der Waals surface area contributed by atoms with Crippen molar-refractivity contribution in [1.29, 1.82) is 0 Å². The first kappa shape index (κ1) is 23.4. The molecule has 2 amide bonds. The van der Waals surface area contributed by atoms with Gasteiger partial charge in [-0.15, -0.1) is 0 Å². The van der Waals surface area contributed by atoms with Gasteiger partial charge in [-0.3, -0.25) is 9.59 Å². The third-order valence-electron chi connectivity index (χ3n) is 7.67. The molecule has 1 saturated heterocycles. The average Bonchev–Trinajstić information content (AvgIpc) is 3.52. The summed E-state index contributed by atoms with van der Waals surface area (Å²) in [4.78, 5) is 38.3. The Balaban J connectivity index is 1.10. The van der Waals surface area contributed by atoms with E-state index in [-0.39, 0.29) is 42.7 Å². The highest BCUT2D eigenvalue weighted by molar-refractivity contribution is 5.82. The zero-order chi connectivity index (χ0) is 24.5. The van der Waals surface area contributed by atoms with Crippen molar-refractivity contribution in [2.75, 3.05) is 33.4 Å². The van der Waals surface area contributed by atoms with E-state index in [2.05, 4.69) is 29.6 Å². The number of alkyl carbamates (subject to hydrolysis) is 1. The summed E-state index contributed by atoms with van der Waals surface area (Å²) in [7, 11) is 1.47. The highest BCUT2D eigenvalue weighted by Crippen LogP contribution is 2.51. The van der Waals surface area contributed by atoms with Gasteiger partial charge in [0, 0.05) is 39.1 Å². The van der Waals surface area contributed by atoms with E-state index in [1.807, 2.05) is 24.3 Å². The van der Waals surface area contributed by atoms with Gasteiger partial charge >= 0.3 is 12.1 Å². The molecule has 5 rings (SSSR count). The van der Waals surface area contributed by atoms with Crippen LogP contribution in [-0.4, -0.2) is 67.4 Å². The average molecular weight is 479 g/mol. The molecule has 184 valence electrons. The Morgan fingerprint density at radius 2 is 1.71 bits per heavy atom. The summed E-state index contributed by atoms with van der Waals surface area (Å²) in [5.74, 6) is -1.04. The van der Waals surface area contributed by atoms with Crippen molar-refractivity contribution in [1.82, 2.24) is 10.2 Å². The minimum absolute atomic E-state index is 0.0126. The molecule has 0 radical (unpaired) electrons. The van der Waals surface area contributed by atoms with Crippen LogP contribution in [0.1, 0.15) is 29.9 Å². The lowest BCUT2D eigenvalue weighted by Gasteiger charge is -2.29. The number of ether oxygens (including phenoxy) is 2. The second-order valence-electron chi connectivity index (χ2n) is 9.53. The van der Waals surface area contributed by atoms with Gasteiger partial charge in [0.2, 0.25) is 0 Å². The highest BCUT2D eigenvalue weighted by atomic mass is 16.5. The van der Waals surface area contributed by atoms with Gasteiger partial charge in [-0.2, -0.15) is 0 Å². The number of fused-ring (bicyclic) bond motifs is 4. The van der Waals surface area contributed by atoms with Crippen LogP contribution in [0.15, 0.2) is 48.5 Å². The van der Waals surface area contributed by atoms with Crippen LogP contribution in [0.3, 0.4) is 0 Å². The van der Waals surface area contributed by atoms with Gasteiger partial charge in [0.25, 0.3) is 5.91 Å². The van der Waals surface area contributed by atoms with E-state index in [0.717, 1.165) is 11.1 Å². The Labute approximate surface area is 204 Å². The fraction of sp³-hybridized carbons (Fsp3) is 0.444. The maximum atomic E-state index is 12.9. The van der Waals surface area contributed by atoms with Crippen LogP contribution in [0.5, 0.6) is 0 Å². The van der Waals surface area contributed by atoms with Crippen LogP contribution in [0, 0.1) is 17.8 Å². The van der Waals surface area contributed by atoms with Crippen molar-refractivity contribution in [3.63, 3.8) is 0 Å². The molecule has 0 aromatic heterocycles. The van der Waals surface area contributed by atoms with Gasteiger partial charge in [-0.25, -0.2) is 4.79 Å². The number of carbonyl (C=O) groups is 3. The number of aliphatic carboxylic acids is 1. The normalized spacial score (nSPS) is 23.0. The molecular formula is C27H30N2O6. The number of nitrogens with zero attached hydrogens (tertiary/aromatic N) is 1. The van der Waals surface area contributed by atoms with Gasteiger partial charge in [0.1, 0.15) is 12.7 Å². The van der Waals surface area contributed by atoms with Gasteiger partial charge < -0.3 is 24.8 Å². The Morgan fingerprint density at radius 1 is 1.06 bits per heavy atom. The monoisotopic (exact) mass is 478 g/mol. The zero-order valence-corrected chi connectivity index (χ0v) is 19.7. The maximum Gasteiger partial charge on any atom is 0.407 e. The lowest BCUT2D eigenvalue weighted by molar-refractivity contribution is -0.144. The number of piperidine rings is 1. The van der Waals surface area contributed by atoms with E-state index in [1.165, 1.54) is 18.2 Å². The molecule has 2 aromatic rings. The Hall–Kier alpha value is -3.39. The van der Waals surface area contributed by atoms with Gasteiger partial charge in [0.15, 0.2) is 0 Å². The minimum Gasteiger partial charge on any atom is -0.481 e. The van der Waals surface area contributed by atoms with Crippen molar-refractivity contribution in [3.8, 4) is 11.1 Å². The largest absolute Gasteiger partial charge is 0.481 e. The number of hydrogen-bond donors (Lipinski definition) is 2. The second kappa shape index (κ2) is 9.70. The number of carboxylic acid groups (broad SMARTS) is 1. The first-order chi connectivity index (χ1) is 17.0. The zero-order valence-electron chi connectivity index (χ0n) is 19.7. The number of rotatable bonds is 8. The smallest absolute Gasteiger partial charge is 0.407 e. The number of likely N-dealkylation sites (tertiary alicyclic amines) is 1. The highest BCUT2D eigenvalue weighted by Gasteiger charge is 2.57. The lowest BCUT2D eigenvalue weighted by atomic mass is 9.98. The molecule has 1 heterocycles. The van der Waals surface area contributed by atoms with E-state index >= 15 is 0 Å². The molecule has 1 saturated carbocycles. The molecule has 0 spiro atoms. The van der Waals surface area contributed by atoms with E-state index in [0.29, 0.717) is 25.9 Å². The van der Waals surface area contributed by atoms with Crippen molar-refractivity contribution >= 4 is 18.0 Å². The summed E-state index contributed by atoms with van der Waals surface area (Å²) in [6, 6.07) is 16.3. The molecule has 2 aliphatic carbocycles. The number of benzene rings is 2. The molecule has 1 aliphatic heterocycles. The van der Waals surface area contributed by atoms with Crippen molar-refractivity contribution in [3.05, 3.63) is 59.7 Å². The van der Waals surface area contributed by atoms with Gasteiger partial charge in [-0.05, 0) is 40.5 Å². The third kappa shape index (κ3) is 4.50. The molecule has 3 aliphatic rings. The lowest BCUT2D eigenvalue weighted by Crippen LogP contribution is -2.44. The number of amides is 2. The molecule has 2 fully saturated rings. The van der Waals surface area contributed by atoms with E-state index in [9.17, 15) is 19.5 Å². The summed E-state index contributed by atoms with van der Waals surface area (Å²) < 4.78 is 10.9. The van der Waals surface area contributed by atoms with E-state index in [4.69, 9.17) is 9.47 Å². The Bertz CT molecular complexity index is 1090. The summed E-state index contributed by atoms with van der Waals surface area (Å²) >= 11 is 0. The fourth-order valence-corrected chi connectivity index (χ4v) is 5.81. The first-order valence-corrected chi connectivity index (χ1v) is 12.1. The van der Waals surface area contributed by atoms with Crippen molar-refractivity contribution in [2.24, 2.45) is 17.8 Å². The summed E-state index contributed by atoms with van der Waals surface area (Å²) in [6.07, 6.45) is -0.200. The summed E-state index contributed by atoms with van der Waals surface area (Å²) in [5.41, 5.74) is 4.64. The van der Waals surface area contributed by atoms with E-state index in [1.54, 1.807) is 4.90 Å². The minimum atomic E-state index is -0.773. The van der Waals surface area contributed by atoms with Crippen LogP contribution in [0.25, 0.3) is 11.1 Å². The number of nitrogens with one attached hydrogen (secondary N) is 1. The van der Waals surface area contributed by atoms with Crippen LogP contribution >= 0.6 is 0 Å². The molecule has 8 heteroatoms. The van der Waals surface area contributed by atoms with E-state index < -0.39 is 18.2 Å². The molecule has 2 unspecified atom stereocenters. The Morgan fingerprint density at radius 3 is 2.34 bits per heavy atom. The maximum absolute atomic E-state index is 12.9. The van der Waals surface area contributed by atoms with Crippen LogP contribution < -0.4 is 5.32 Å². The molecule has 8 nitrogen and oxygen atoms in total. The molecule has 35 heavy (non-hydrogen) atoms. The quantitative estimate of drug-likeness (QED) is 0.604. The number of methoxy groups -OCH3 is 1. The second-order valence-corrected chi connectivity index (χ2v) is 9.53. The number of carbonyl (C=O) groups excluding carboxylic acids is 2. The van der Waals surface area contributed by atoms with Gasteiger partial charge in [-0.1, -0.05) is 48.5 Å². The van der Waals surface area contributed by atoms with Crippen molar-refractivity contribution in [2.45, 2.75) is 24.9 Å². The molecular weight excluding hydrogens is 448 g/mol. The van der Waals surface area contributed by atoms with Crippen molar-refractivity contribution < 1.29 is 29.0 Å². The topological polar surface area (TPSA) is 105 Å². The molecule has 4 atom stereocenters. The molecule has 2 aromatic carbocycles. The standard InChI is InChI=1S/C27H30N2O6/c1-34-23(25(30)29-13-11-20-21(14-29)24(20)26(31)32)10-12-28-27(33)35-15-22-18-8-4-2-6-16(18)17-7-3-5-9-19(17)22/h2-9,20-24H,10-15H2,1H3,(H,28,33)(H,31,32)/t20-,21+,23?,24?/m0/s1. The fourth-order valence-electron chi connectivity index (χ4n) is 5.81. The SMILES string of the molecule is COC(CCNC(=O)OCC1c2ccccc2-c2ccccc21)C(=O)N1CC[C@@H]2C(C(=O)O)[C@@H]2C1. The summed E-state index contributed by atoms with van der Waals surface area (Å²) in [6.45, 7) is 1.47. The van der Waals surface area contributed by atoms with Crippen LogP contribution in [0.4, 0.5) is 4.79 Å². The molecule has 0 bridgehead atoms. The predicted molar refractivity (Wildman–Crippen MR) is 128 cm³/mol. The molecule has 2 N–H and O–H groups in total. The Kier molecular flexibility index (Phi) is 6.47.